The Kier molecular flexibility index (Phi) is 7.48. The Morgan fingerprint density at radius 2 is 1.69 bits per heavy atom. The van der Waals surface area contributed by atoms with Crippen LogP contribution in [0.3, 0.4) is 0 Å². The number of ether oxygens (including phenoxy) is 1. The molecule has 1 heterocycles. The summed E-state index contributed by atoms with van der Waals surface area (Å²) in [5.41, 5.74) is 4.95. The largest absolute Gasteiger partial charge is 0.479 e. The molecule has 1 amide bonds. The Bertz CT molecular complexity index is 1350. The molecule has 0 unspecified atom stereocenters. The fourth-order valence-electron chi connectivity index (χ4n) is 3.75. The molecule has 0 fully saturated rings. The second-order valence-electron chi connectivity index (χ2n) is 8.16. The van der Waals surface area contributed by atoms with Crippen molar-refractivity contribution < 1.29 is 9.53 Å². The maximum Gasteiger partial charge on any atom is 0.265 e. The van der Waals surface area contributed by atoms with Gasteiger partial charge in [-0.15, -0.1) is 10.2 Å². The highest BCUT2D eigenvalue weighted by Gasteiger charge is 2.18. The van der Waals surface area contributed by atoms with Crippen molar-refractivity contribution in [3.8, 4) is 11.4 Å². The molecule has 0 bridgehead atoms. The van der Waals surface area contributed by atoms with Crippen molar-refractivity contribution in [3.63, 3.8) is 0 Å². The zero-order valence-corrected chi connectivity index (χ0v) is 21.6. The number of aromatic nitrogens is 3. The van der Waals surface area contributed by atoms with Crippen LogP contribution in [0.25, 0.3) is 16.7 Å². The van der Waals surface area contributed by atoms with Gasteiger partial charge in [-0.05, 0) is 87.9 Å². The summed E-state index contributed by atoms with van der Waals surface area (Å²) in [6.45, 7) is 9.74. The Labute approximate surface area is 214 Å². The van der Waals surface area contributed by atoms with E-state index in [1.54, 1.807) is 29.9 Å². The number of aryl methyl sites for hydroxylation is 1. The number of nitrogens with zero attached hydrogens (tertiary/aromatic N) is 4. The minimum Gasteiger partial charge on any atom is -0.479 e. The molecule has 0 aliphatic carbocycles. The average Bonchev–Trinajstić information content (AvgIpc) is 3.25. The number of anilines is 2. The first-order valence-corrected chi connectivity index (χ1v) is 12.2. The van der Waals surface area contributed by atoms with Crippen LogP contribution < -0.4 is 15.0 Å². The van der Waals surface area contributed by atoms with Crippen molar-refractivity contribution in [2.75, 3.05) is 23.3 Å². The number of fused-ring (bicyclic) bond motifs is 1. The highest BCUT2D eigenvalue weighted by molar-refractivity contribution is 6.35. The predicted molar refractivity (Wildman–Crippen MR) is 142 cm³/mol. The third-order valence-electron chi connectivity index (χ3n) is 5.76. The van der Waals surface area contributed by atoms with Crippen LogP contribution in [0.2, 0.25) is 10.0 Å². The molecule has 0 spiro atoms. The minimum absolute atomic E-state index is 0.308. The molecule has 0 saturated heterocycles. The Balaban J connectivity index is 1.51. The summed E-state index contributed by atoms with van der Waals surface area (Å²) in [5.74, 6) is 0.0821. The Morgan fingerprint density at radius 1 is 1.03 bits per heavy atom. The molecule has 1 aromatic heterocycles. The van der Waals surface area contributed by atoms with Gasteiger partial charge in [0.25, 0.3) is 5.91 Å². The maximum absolute atomic E-state index is 12.8. The molecule has 7 nitrogen and oxygen atoms in total. The summed E-state index contributed by atoms with van der Waals surface area (Å²) in [7, 11) is 0. The van der Waals surface area contributed by atoms with Crippen molar-refractivity contribution in [1.29, 1.82) is 0 Å². The molecule has 182 valence electrons. The Morgan fingerprint density at radius 3 is 2.31 bits per heavy atom. The summed E-state index contributed by atoms with van der Waals surface area (Å²) in [5, 5.41) is 13.0. The van der Waals surface area contributed by atoms with E-state index in [0.717, 1.165) is 35.5 Å². The van der Waals surface area contributed by atoms with E-state index >= 15 is 0 Å². The predicted octanol–water partition coefficient (Wildman–Crippen LogP) is 6.29. The lowest BCUT2D eigenvalue weighted by atomic mass is 10.1. The molecule has 0 radical (unpaired) electrons. The molecule has 4 aromatic rings. The third kappa shape index (κ3) is 5.52. The standard InChI is InChI=1S/C26H27Cl2N5O2/c1-5-32(6-2)19-8-10-20(11-9-19)33-30-23-13-16(3)22(15-24(23)31-33)29-26(34)17(4)35-25-12-7-18(27)14-21(25)28/h7-15,17H,5-6H2,1-4H3,(H,29,34)/t17-/m0/s1. The van der Waals surface area contributed by atoms with Gasteiger partial charge in [0.2, 0.25) is 0 Å². The number of carbonyl (C=O) groups is 1. The molecule has 1 N–H and O–H groups in total. The van der Waals surface area contributed by atoms with Crippen LogP contribution in [0.1, 0.15) is 26.3 Å². The summed E-state index contributed by atoms with van der Waals surface area (Å²) < 4.78 is 5.73. The minimum atomic E-state index is -0.774. The van der Waals surface area contributed by atoms with Crippen LogP contribution in [-0.4, -0.2) is 40.1 Å². The smallest absolute Gasteiger partial charge is 0.265 e. The maximum atomic E-state index is 12.8. The van der Waals surface area contributed by atoms with E-state index in [1.807, 2.05) is 31.2 Å². The van der Waals surface area contributed by atoms with E-state index in [-0.39, 0.29) is 5.91 Å². The van der Waals surface area contributed by atoms with Crippen molar-refractivity contribution in [2.45, 2.75) is 33.8 Å². The lowest BCUT2D eigenvalue weighted by molar-refractivity contribution is -0.122. The monoisotopic (exact) mass is 511 g/mol. The molecule has 3 aromatic carbocycles. The number of amides is 1. The number of halogens is 2. The number of benzene rings is 3. The van der Waals surface area contributed by atoms with Gasteiger partial charge in [-0.25, -0.2) is 0 Å². The molecule has 0 aliphatic heterocycles. The number of hydrogen-bond donors (Lipinski definition) is 1. The number of hydrogen-bond acceptors (Lipinski definition) is 5. The summed E-state index contributed by atoms with van der Waals surface area (Å²) in [6.07, 6.45) is -0.774. The third-order valence-corrected chi connectivity index (χ3v) is 6.29. The van der Waals surface area contributed by atoms with Crippen molar-refractivity contribution in [3.05, 3.63) is 70.2 Å². The van der Waals surface area contributed by atoms with Crippen LogP contribution in [0, 0.1) is 6.92 Å². The molecular weight excluding hydrogens is 485 g/mol. The summed E-state index contributed by atoms with van der Waals surface area (Å²) in [6, 6.07) is 16.7. The van der Waals surface area contributed by atoms with E-state index in [9.17, 15) is 4.79 Å². The van der Waals surface area contributed by atoms with Crippen LogP contribution in [0.15, 0.2) is 54.6 Å². The van der Waals surface area contributed by atoms with Gasteiger partial charge in [0.15, 0.2) is 6.10 Å². The van der Waals surface area contributed by atoms with E-state index in [1.165, 1.54) is 0 Å². The van der Waals surface area contributed by atoms with Crippen molar-refractivity contribution >= 4 is 51.5 Å². The molecule has 0 aliphatic rings. The quantitative estimate of drug-likeness (QED) is 0.301. The van der Waals surface area contributed by atoms with E-state index in [0.29, 0.717) is 27.0 Å². The fraction of sp³-hybridized carbons (Fsp3) is 0.269. The van der Waals surface area contributed by atoms with Gasteiger partial charge in [0.05, 0.1) is 10.7 Å². The second kappa shape index (κ2) is 10.5. The number of nitrogens with one attached hydrogen (secondary N) is 1. The lowest BCUT2D eigenvalue weighted by Gasteiger charge is -2.20. The summed E-state index contributed by atoms with van der Waals surface area (Å²) in [4.78, 5) is 16.7. The van der Waals surface area contributed by atoms with E-state index in [2.05, 4.69) is 46.4 Å². The number of carbonyl (C=O) groups excluding carboxylic acids is 1. The SMILES string of the molecule is CCN(CC)c1ccc(-n2nc3cc(C)c(NC(=O)[C@H](C)Oc4ccc(Cl)cc4Cl)cc3n2)cc1. The highest BCUT2D eigenvalue weighted by atomic mass is 35.5. The zero-order valence-electron chi connectivity index (χ0n) is 20.0. The molecule has 4 rings (SSSR count). The van der Waals surface area contributed by atoms with Gasteiger partial charge >= 0.3 is 0 Å². The fourth-order valence-corrected chi connectivity index (χ4v) is 4.21. The molecular formula is C26H27Cl2N5O2. The topological polar surface area (TPSA) is 72.3 Å². The van der Waals surface area contributed by atoms with Gasteiger partial charge in [-0.1, -0.05) is 23.2 Å². The zero-order chi connectivity index (χ0) is 25.1. The molecule has 0 saturated carbocycles. The average molecular weight is 512 g/mol. The van der Waals surface area contributed by atoms with Crippen LogP contribution in [-0.2, 0) is 4.79 Å². The van der Waals surface area contributed by atoms with Crippen molar-refractivity contribution in [2.24, 2.45) is 0 Å². The van der Waals surface area contributed by atoms with Crippen molar-refractivity contribution in [1.82, 2.24) is 15.0 Å². The van der Waals surface area contributed by atoms with Crippen LogP contribution in [0.5, 0.6) is 5.75 Å². The normalized spacial score (nSPS) is 11.9. The Hall–Kier alpha value is -3.29. The molecule has 9 heteroatoms. The van der Waals surface area contributed by atoms with Gasteiger partial charge < -0.3 is 15.0 Å². The molecule has 1 atom stereocenters. The lowest BCUT2D eigenvalue weighted by Crippen LogP contribution is -2.30. The van der Waals surface area contributed by atoms with Gasteiger partial charge in [0.1, 0.15) is 16.8 Å². The second-order valence-corrected chi connectivity index (χ2v) is 9.00. The first-order valence-electron chi connectivity index (χ1n) is 11.4. The first kappa shape index (κ1) is 24.8. The van der Waals surface area contributed by atoms with Gasteiger partial charge in [-0.2, -0.15) is 4.80 Å². The number of rotatable bonds is 8. The van der Waals surface area contributed by atoms with E-state index in [4.69, 9.17) is 27.9 Å². The highest BCUT2D eigenvalue weighted by Crippen LogP contribution is 2.29. The van der Waals surface area contributed by atoms with Gasteiger partial charge in [0, 0.05) is 29.5 Å². The van der Waals surface area contributed by atoms with Crippen LogP contribution in [0.4, 0.5) is 11.4 Å². The van der Waals surface area contributed by atoms with Gasteiger partial charge in [-0.3, -0.25) is 4.79 Å². The van der Waals surface area contributed by atoms with E-state index < -0.39 is 6.10 Å². The van der Waals surface area contributed by atoms with Crippen LogP contribution >= 0.6 is 23.2 Å². The molecule has 35 heavy (non-hydrogen) atoms. The summed E-state index contributed by atoms with van der Waals surface area (Å²) >= 11 is 12.1. The first-order chi connectivity index (χ1) is 16.8.